The van der Waals surface area contributed by atoms with E-state index in [4.69, 9.17) is 4.74 Å². The standard InChI is InChI=1S/C21H26N2O2/c1-17-8-6-7-11-19(17)14-22(2)21(24)16-23-12-13-25-20(15-23)18-9-4-3-5-10-18/h3-11,20H,12-16H2,1-2H3. The van der Waals surface area contributed by atoms with Crippen molar-refractivity contribution in [3.8, 4) is 0 Å². The Morgan fingerprint density at radius 2 is 1.88 bits per heavy atom. The molecule has 2 aromatic carbocycles. The Morgan fingerprint density at radius 3 is 2.64 bits per heavy atom. The molecule has 1 fully saturated rings. The smallest absolute Gasteiger partial charge is 0.236 e. The molecule has 0 aromatic heterocycles. The van der Waals surface area contributed by atoms with Crippen molar-refractivity contribution in [1.82, 2.24) is 9.80 Å². The highest BCUT2D eigenvalue weighted by atomic mass is 16.5. The number of amides is 1. The Morgan fingerprint density at radius 1 is 1.16 bits per heavy atom. The number of rotatable bonds is 5. The van der Waals surface area contributed by atoms with Crippen LogP contribution in [0.3, 0.4) is 0 Å². The highest BCUT2D eigenvalue weighted by Crippen LogP contribution is 2.21. The Labute approximate surface area is 150 Å². The average molecular weight is 338 g/mol. The SMILES string of the molecule is Cc1ccccc1CN(C)C(=O)CN1CCOC(c2ccccc2)C1. The van der Waals surface area contributed by atoms with E-state index in [0.29, 0.717) is 19.7 Å². The lowest BCUT2D eigenvalue weighted by atomic mass is 10.1. The van der Waals surface area contributed by atoms with Gasteiger partial charge in [0.1, 0.15) is 0 Å². The molecule has 1 amide bonds. The Balaban J connectivity index is 1.56. The lowest BCUT2D eigenvalue weighted by Gasteiger charge is -2.33. The fraction of sp³-hybridized carbons (Fsp3) is 0.381. The van der Waals surface area contributed by atoms with Crippen molar-refractivity contribution in [2.75, 3.05) is 33.3 Å². The lowest BCUT2D eigenvalue weighted by molar-refractivity contribution is -0.133. The minimum absolute atomic E-state index is 0.0458. The number of morpholine rings is 1. The number of benzene rings is 2. The van der Waals surface area contributed by atoms with Gasteiger partial charge < -0.3 is 9.64 Å². The number of ether oxygens (including phenoxy) is 1. The molecule has 0 radical (unpaired) electrons. The van der Waals surface area contributed by atoms with Gasteiger partial charge in [-0.1, -0.05) is 54.6 Å². The number of nitrogens with zero attached hydrogens (tertiary/aromatic N) is 2. The summed E-state index contributed by atoms with van der Waals surface area (Å²) in [6.07, 6.45) is 0.0458. The largest absolute Gasteiger partial charge is 0.371 e. The molecule has 2 aromatic rings. The van der Waals surface area contributed by atoms with Crippen LogP contribution in [0.15, 0.2) is 54.6 Å². The molecule has 1 saturated heterocycles. The van der Waals surface area contributed by atoms with Crippen LogP contribution in [0.2, 0.25) is 0 Å². The molecule has 0 aliphatic carbocycles. The van der Waals surface area contributed by atoms with Crippen LogP contribution in [0, 0.1) is 6.92 Å². The molecule has 0 N–H and O–H groups in total. The zero-order valence-corrected chi connectivity index (χ0v) is 15.0. The first-order valence-electron chi connectivity index (χ1n) is 8.81. The van der Waals surface area contributed by atoms with Gasteiger partial charge in [-0.05, 0) is 23.6 Å². The Hall–Kier alpha value is -2.17. The van der Waals surface area contributed by atoms with Gasteiger partial charge in [-0.2, -0.15) is 0 Å². The van der Waals surface area contributed by atoms with Crippen molar-refractivity contribution in [3.63, 3.8) is 0 Å². The molecule has 0 spiro atoms. The molecule has 1 atom stereocenters. The summed E-state index contributed by atoms with van der Waals surface area (Å²) in [7, 11) is 1.88. The van der Waals surface area contributed by atoms with Gasteiger partial charge in [0.05, 0.1) is 19.3 Å². The van der Waals surface area contributed by atoms with Crippen LogP contribution < -0.4 is 0 Å². The number of carbonyl (C=O) groups excluding carboxylic acids is 1. The molecule has 0 saturated carbocycles. The molecule has 25 heavy (non-hydrogen) atoms. The van der Waals surface area contributed by atoms with E-state index in [1.54, 1.807) is 0 Å². The van der Waals surface area contributed by atoms with Crippen molar-refractivity contribution < 1.29 is 9.53 Å². The van der Waals surface area contributed by atoms with Gasteiger partial charge in [-0.15, -0.1) is 0 Å². The van der Waals surface area contributed by atoms with Gasteiger partial charge in [0.15, 0.2) is 0 Å². The van der Waals surface area contributed by atoms with E-state index in [9.17, 15) is 4.79 Å². The maximum Gasteiger partial charge on any atom is 0.236 e. The highest BCUT2D eigenvalue weighted by Gasteiger charge is 2.24. The topological polar surface area (TPSA) is 32.8 Å². The molecule has 1 heterocycles. The zero-order valence-electron chi connectivity index (χ0n) is 15.0. The summed E-state index contributed by atoms with van der Waals surface area (Å²) in [5.74, 6) is 0.150. The van der Waals surface area contributed by atoms with Crippen LogP contribution in [0.1, 0.15) is 22.8 Å². The van der Waals surface area contributed by atoms with Crippen LogP contribution in [-0.4, -0.2) is 49.0 Å². The maximum atomic E-state index is 12.6. The zero-order chi connectivity index (χ0) is 17.6. The first-order chi connectivity index (χ1) is 12.1. The number of carbonyl (C=O) groups is 1. The Bertz CT molecular complexity index is 702. The number of hydrogen-bond donors (Lipinski definition) is 0. The summed E-state index contributed by atoms with van der Waals surface area (Å²) in [5.41, 5.74) is 3.59. The van der Waals surface area contributed by atoms with Crippen molar-refractivity contribution >= 4 is 5.91 Å². The molecule has 3 rings (SSSR count). The quantitative estimate of drug-likeness (QED) is 0.840. The van der Waals surface area contributed by atoms with Gasteiger partial charge >= 0.3 is 0 Å². The minimum Gasteiger partial charge on any atom is -0.371 e. The lowest BCUT2D eigenvalue weighted by Crippen LogP contribution is -2.44. The van der Waals surface area contributed by atoms with Crippen LogP contribution in [0.5, 0.6) is 0 Å². The fourth-order valence-electron chi connectivity index (χ4n) is 3.16. The van der Waals surface area contributed by atoms with Crippen LogP contribution in [0.25, 0.3) is 0 Å². The normalized spacial score (nSPS) is 18.1. The predicted octanol–water partition coefficient (Wildman–Crippen LogP) is 3.03. The predicted molar refractivity (Wildman–Crippen MR) is 99.2 cm³/mol. The van der Waals surface area contributed by atoms with Crippen molar-refractivity contribution in [2.24, 2.45) is 0 Å². The second kappa shape index (κ2) is 8.28. The van der Waals surface area contributed by atoms with Crippen molar-refractivity contribution in [3.05, 3.63) is 71.3 Å². The molecule has 0 bridgehead atoms. The maximum absolute atomic E-state index is 12.6. The van der Waals surface area contributed by atoms with E-state index in [0.717, 1.165) is 13.1 Å². The summed E-state index contributed by atoms with van der Waals surface area (Å²) >= 11 is 0. The van der Waals surface area contributed by atoms with Gasteiger partial charge in [-0.25, -0.2) is 0 Å². The van der Waals surface area contributed by atoms with E-state index in [1.807, 2.05) is 42.3 Å². The molecule has 4 heteroatoms. The minimum atomic E-state index is 0.0458. The molecule has 1 aliphatic heterocycles. The molecule has 4 nitrogen and oxygen atoms in total. The Kier molecular flexibility index (Phi) is 5.84. The van der Waals surface area contributed by atoms with Gasteiger partial charge in [-0.3, -0.25) is 9.69 Å². The van der Waals surface area contributed by atoms with Crippen LogP contribution in [-0.2, 0) is 16.1 Å². The third-order valence-corrected chi connectivity index (χ3v) is 4.78. The molecular weight excluding hydrogens is 312 g/mol. The molecule has 132 valence electrons. The van der Waals surface area contributed by atoms with E-state index in [-0.39, 0.29) is 12.0 Å². The number of aryl methyl sites for hydroxylation is 1. The first kappa shape index (κ1) is 17.6. The number of likely N-dealkylation sites (N-methyl/N-ethyl adjacent to an activating group) is 1. The van der Waals surface area contributed by atoms with Crippen LogP contribution in [0.4, 0.5) is 0 Å². The van der Waals surface area contributed by atoms with Gasteiger partial charge in [0.2, 0.25) is 5.91 Å². The molecule has 1 aliphatic rings. The van der Waals surface area contributed by atoms with Crippen molar-refractivity contribution in [1.29, 1.82) is 0 Å². The van der Waals surface area contributed by atoms with Gasteiger partial charge in [0.25, 0.3) is 0 Å². The van der Waals surface area contributed by atoms with Crippen molar-refractivity contribution in [2.45, 2.75) is 19.6 Å². The monoisotopic (exact) mass is 338 g/mol. The summed E-state index contributed by atoms with van der Waals surface area (Å²) in [4.78, 5) is 16.6. The third-order valence-electron chi connectivity index (χ3n) is 4.78. The molecular formula is C21H26N2O2. The summed E-state index contributed by atoms with van der Waals surface area (Å²) in [6, 6.07) is 18.4. The van der Waals surface area contributed by atoms with Gasteiger partial charge in [0, 0.05) is 26.7 Å². The van der Waals surface area contributed by atoms with E-state index in [1.165, 1.54) is 16.7 Å². The van der Waals surface area contributed by atoms with E-state index in [2.05, 4.69) is 36.1 Å². The molecule has 1 unspecified atom stereocenters. The summed E-state index contributed by atoms with van der Waals surface area (Å²) < 4.78 is 5.88. The summed E-state index contributed by atoms with van der Waals surface area (Å²) in [5, 5.41) is 0. The third kappa shape index (κ3) is 4.68. The van der Waals surface area contributed by atoms with Crippen LogP contribution >= 0.6 is 0 Å². The average Bonchev–Trinajstić information content (AvgIpc) is 2.64. The van der Waals surface area contributed by atoms with E-state index < -0.39 is 0 Å². The second-order valence-electron chi connectivity index (χ2n) is 6.68. The van der Waals surface area contributed by atoms with E-state index >= 15 is 0 Å². The first-order valence-corrected chi connectivity index (χ1v) is 8.81. The number of hydrogen-bond acceptors (Lipinski definition) is 3. The highest BCUT2D eigenvalue weighted by molar-refractivity contribution is 5.78. The second-order valence-corrected chi connectivity index (χ2v) is 6.68. The fourth-order valence-corrected chi connectivity index (χ4v) is 3.16. The summed E-state index contributed by atoms with van der Waals surface area (Å²) in [6.45, 7) is 5.39.